The molecule has 35 heavy (non-hydrogen) atoms. The summed E-state index contributed by atoms with van der Waals surface area (Å²) in [6.45, 7) is 2.79. The lowest BCUT2D eigenvalue weighted by Gasteiger charge is -2.30. The van der Waals surface area contributed by atoms with Gasteiger partial charge in [0.15, 0.2) is 4.90 Å². The van der Waals surface area contributed by atoms with Crippen LogP contribution in [0.25, 0.3) is 0 Å². The number of nitrogens with one attached hydrogen (secondary N) is 2. The number of anilines is 1. The van der Waals surface area contributed by atoms with Crippen molar-refractivity contribution in [2.45, 2.75) is 33.2 Å². The summed E-state index contributed by atoms with van der Waals surface area (Å²) in [6, 6.07) is 12.3. The molecule has 0 radical (unpaired) electrons. The van der Waals surface area contributed by atoms with Crippen LogP contribution in [0.2, 0.25) is 0 Å². The van der Waals surface area contributed by atoms with E-state index in [1.54, 1.807) is 0 Å². The van der Waals surface area contributed by atoms with Gasteiger partial charge in [-0.2, -0.15) is 13.2 Å². The normalized spacial score (nSPS) is 15.1. The molecule has 0 spiro atoms. The molecule has 2 rings (SSSR count). The SMILES string of the molecule is CN[S+]([O-])c1ccc(NC(CSc2ccccc2)C(C)CN(C)CCO)c(S(=O)(=O)C(F)(F)F)c1. The molecule has 0 saturated carbocycles. The minimum atomic E-state index is -5.72. The Morgan fingerprint density at radius 1 is 1.20 bits per heavy atom. The van der Waals surface area contributed by atoms with E-state index < -0.39 is 37.6 Å². The smallest absolute Gasteiger partial charge is 0.501 e. The van der Waals surface area contributed by atoms with E-state index in [1.165, 1.54) is 30.9 Å². The van der Waals surface area contributed by atoms with Gasteiger partial charge in [0.2, 0.25) is 0 Å². The molecule has 2 aromatic rings. The van der Waals surface area contributed by atoms with Crippen LogP contribution in [0.3, 0.4) is 0 Å². The summed E-state index contributed by atoms with van der Waals surface area (Å²) in [7, 11) is -2.55. The van der Waals surface area contributed by atoms with Gasteiger partial charge in [-0.05, 0) is 37.2 Å². The molecule has 196 valence electrons. The number of alkyl halides is 3. The van der Waals surface area contributed by atoms with Crippen LogP contribution < -0.4 is 10.0 Å². The summed E-state index contributed by atoms with van der Waals surface area (Å²) in [5, 5.41) is 12.2. The lowest BCUT2D eigenvalue weighted by atomic mass is 10.0. The highest BCUT2D eigenvalue weighted by atomic mass is 32.2. The third-order valence-electron chi connectivity index (χ3n) is 5.23. The number of thioether (sulfide) groups is 1. The lowest BCUT2D eigenvalue weighted by molar-refractivity contribution is -0.0435. The van der Waals surface area contributed by atoms with Crippen LogP contribution in [0, 0.1) is 5.92 Å². The summed E-state index contributed by atoms with van der Waals surface area (Å²) in [5.41, 5.74) is -5.74. The number of likely N-dealkylation sites (N-methyl/N-ethyl adjacent to an activating group) is 1. The number of rotatable bonds is 13. The minimum Gasteiger partial charge on any atom is -0.593 e. The number of benzene rings is 2. The molecule has 2 aromatic carbocycles. The van der Waals surface area contributed by atoms with Gasteiger partial charge in [-0.1, -0.05) is 25.1 Å². The van der Waals surface area contributed by atoms with Gasteiger partial charge in [0.25, 0.3) is 9.84 Å². The van der Waals surface area contributed by atoms with Gasteiger partial charge in [-0.25, -0.2) is 8.42 Å². The van der Waals surface area contributed by atoms with E-state index >= 15 is 0 Å². The van der Waals surface area contributed by atoms with Crippen LogP contribution in [0.4, 0.5) is 18.9 Å². The lowest BCUT2D eigenvalue weighted by Crippen LogP contribution is -2.38. The molecule has 0 bridgehead atoms. The first-order valence-corrected chi connectivity index (χ1v) is 14.3. The van der Waals surface area contributed by atoms with Gasteiger partial charge in [-0.3, -0.25) is 0 Å². The summed E-state index contributed by atoms with van der Waals surface area (Å²) in [4.78, 5) is 1.78. The Balaban J connectivity index is 2.45. The maximum absolute atomic E-state index is 13.5. The molecule has 0 aliphatic carbocycles. The predicted molar refractivity (Wildman–Crippen MR) is 133 cm³/mol. The largest absolute Gasteiger partial charge is 0.593 e. The fraction of sp³-hybridized carbons (Fsp3) is 0.455. The molecular weight excluding hydrogens is 523 g/mol. The van der Waals surface area contributed by atoms with Gasteiger partial charge >= 0.3 is 5.51 Å². The van der Waals surface area contributed by atoms with Crippen molar-refractivity contribution in [2.75, 3.05) is 44.9 Å². The number of nitrogens with zero attached hydrogens (tertiary/aromatic N) is 1. The maximum atomic E-state index is 13.5. The molecule has 0 aliphatic rings. The van der Waals surface area contributed by atoms with E-state index in [4.69, 9.17) is 0 Å². The molecule has 0 saturated heterocycles. The molecule has 3 atom stereocenters. The predicted octanol–water partition coefficient (Wildman–Crippen LogP) is 3.36. The first-order chi connectivity index (χ1) is 16.4. The fourth-order valence-corrected chi connectivity index (χ4v) is 6.14. The van der Waals surface area contributed by atoms with Crippen molar-refractivity contribution in [3.63, 3.8) is 0 Å². The summed E-state index contributed by atoms with van der Waals surface area (Å²) in [6.07, 6.45) is 0. The van der Waals surface area contributed by atoms with E-state index in [2.05, 4.69) is 10.0 Å². The van der Waals surface area contributed by atoms with E-state index in [-0.39, 0.29) is 23.1 Å². The van der Waals surface area contributed by atoms with Crippen molar-refractivity contribution in [2.24, 2.45) is 5.92 Å². The highest BCUT2D eigenvalue weighted by Gasteiger charge is 2.48. The Labute approximate surface area is 211 Å². The standard InChI is InChI=1S/C22H30F3N3O4S3/c1-16(14-28(3)11-12-29)20(15-33-17-7-5-4-6-8-17)27-19-10-9-18(34(30)26-2)13-21(19)35(31,32)22(23,24)25/h4-10,13,16,20,26-27,29H,11-12,14-15H2,1-3H3. The van der Waals surface area contributed by atoms with E-state index in [0.717, 1.165) is 11.0 Å². The van der Waals surface area contributed by atoms with Crippen molar-refractivity contribution in [1.29, 1.82) is 0 Å². The maximum Gasteiger partial charge on any atom is 0.501 e. The molecule has 3 N–H and O–H groups in total. The summed E-state index contributed by atoms with van der Waals surface area (Å²) in [5.74, 6) is 0.309. The Morgan fingerprint density at radius 3 is 2.43 bits per heavy atom. The van der Waals surface area contributed by atoms with E-state index in [9.17, 15) is 31.2 Å². The molecule has 7 nitrogen and oxygen atoms in total. The number of sulfone groups is 1. The molecule has 0 amide bonds. The van der Waals surface area contributed by atoms with Crippen LogP contribution in [0.1, 0.15) is 6.92 Å². The average Bonchev–Trinajstić information content (AvgIpc) is 2.81. The number of aliphatic hydroxyl groups is 1. The highest BCUT2D eigenvalue weighted by molar-refractivity contribution is 7.99. The summed E-state index contributed by atoms with van der Waals surface area (Å²) < 4.78 is 79.8. The molecule has 0 heterocycles. The third kappa shape index (κ3) is 8.27. The second-order valence-electron chi connectivity index (χ2n) is 7.92. The topological polar surface area (TPSA) is 105 Å². The average molecular weight is 554 g/mol. The monoisotopic (exact) mass is 553 g/mol. The zero-order valence-corrected chi connectivity index (χ0v) is 22.0. The van der Waals surface area contributed by atoms with Gasteiger partial charge in [0.05, 0.1) is 23.7 Å². The zero-order chi connectivity index (χ0) is 26.2. The van der Waals surface area contributed by atoms with Crippen LogP contribution in [-0.2, 0) is 21.2 Å². The Morgan fingerprint density at radius 2 is 1.86 bits per heavy atom. The van der Waals surface area contributed by atoms with Crippen LogP contribution in [0.15, 0.2) is 63.2 Å². The third-order valence-corrected chi connectivity index (χ3v) is 8.94. The number of hydrogen-bond donors (Lipinski definition) is 3. The van der Waals surface area contributed by atoms with Gasteiger partial charge in [0, 0.05) is 42.9 Å². The Kier molecular flexibility index (Phi) is 11.2. The van der Waals surface area contributed by atoms with E-state index in [0.29, 0.717) is 18.8 Å². The quantitative estimate of drug-likeness (QED) is 0.256. The summed E-state index contributed by atoms with van der Waals surface area (Å²) >= 11 is -0.388. The Bertz CT molecular complexity index is 1040. The van der Waals surface area contributed by atoms with Crippen molar-refractivity contribution in [3.8, 4) is 0 Å². The van der Waals surface area contributed by atoms with Gasteiger partial charge in [0.1, 0.15) is 4.90 Å². The van der Waals surface area contributed by atoms with E-state index in [1.807, 2.05) is 49.2 Å². The van der Waals surface area contributed by atoms with Crippen molar-refractivity contribution >= 4 is 38.6 Å². The molecule has 3 unspecified atom stereocenters. The van der Waals surface area contributed by atoms with Crippen molar-refractivity contribution in [3.05, 3.63) is 48.5 Å². The van der Waals surface area contributed by atoms with Crippen LogP contribution in [0.5, 0.6) is 0 Å². The minimum absolute atomic E-state index is 0.0435. The molecule has 0 fully saturated rings. The first kappa shape index (κ1) is 29.7. The van der Waals surface area contributed by atoms with Crippen LogP contribution in [-0.4, -0.2) is 74.1 Å². The van der Waals surface area contributed by atoms with Crippen molar-refractivity contribution in [1.82, 2.24) is 9.62 Å². The second-order valence-corrected chi connectivity index (χ2v) is 12.3. The number of aliphatic hydroxyl groups excluding tert-OH is 1. The fourth-order valence-electron chi connectivity index (χ4n) is 3.33. The zero-order valence-electron chi connectivity index (χ0n) is 19.6. The van der Waals surface area contributed by atoms with Crippen molar-refractivity contribution < 1.29 is 31.2 Å². The molecular formula is C22H30F3N3O4S3. The Hall–Kier alpha value is -1.48. The highest BCUT2D eigenvalue weighted by Crippen LogP contribution is 2.36. The van der Waals surface area contributed by atoms with Crippen LogP contribution >= 0.6 is 11.8 Å². The molecule has 13 heteroatoms. The second kappa shape index (κ2) is 13.2. The molecule has 0 aromatic heterocycles. The first-order valence-electron chi connectivity index (χ1n) is 10.7. The van der Waals surface area contributed by atoms with Gasteiger partial charge < -0.3 is 19.9 Å². The number of halogens is 3. The van der Waals surface area contributed by atoms with Gasteiger partial charge in [-0.15, -0.1) is 16.5 Å². The molecule has 0 aliphatic heterocycles. The number of hydrogen-bond acceptors (Lipinski definition) is 8.